The number of epoxide rings is 1. The van der Waals surface area contributed by atoms with Crippen LogP contribution in [0.15, 0.2) is 24.3 Å². The number of benzene rings is 1. The minimum Gasteiger partial charge on any atom is -0.389 e. The molecule has 114 valence electrons. The van der Waals surface area contributed by atoms with Crippen LogP contribution >= 0.6 is 0 Å². The van der Waals surface area contributed by atoms with Crippen molar-refractivity contribution in [3.05, 3.63) is 35.6 Å². The van der Waals surface area contributed by atoms with E-state index in [1.165, 1.54) is 12.1 Å². The normalized spacial score (nSPS) is 17.9. The lowest BCUT2D eigenvalue weighted by atomic mass is 10.1. The zero-order valence-corrected chi connectivity index (χ0v) is 13.0. The number of halogens is 1. The Morgan fingerprint density at radius 2 is 1.80 bits per heavy atom. The second-order valence-electron chi connectivity index (χ2n) is 6.51. The van der Waals surface area contributed by atoms with Crippen molar-refractivity contribution in [2.24, 2.45) is 0 Å². The largest absolute Gasteiger partial charge is 0.389 e. The monoisotopic (exact) mass is 283 g/mol. The first-order valence-electron chi connectivity index (χ1n) is 6.94. The van der Waals surface area contributed by atoms with Crippen LogP contribution in [0.4, 0.5) is 4.39 Å². The smallest absolute Gasteiger partial charge is 0.123 e. The van der Waals surface area contributed by atoms with Crippen LogP contribution in [0.25, 0.3) is 0 Å². The molecule has 4 heteroatoms. The van der Waals surface area contributed by atoms with E-state index in [1.807, 2.05) is 6.92 Å². The molecule has 3 nitrogen and oxygen atoms in total. The Morgan fingerprint density at radius 1 is 1.35 bits per heavy atom. The molecule has 0 radical (unpaired) electrons. The van der Waals surface area contributed by atoms with Crippen LogP contribution in [0, 0.1) is 5.82 Å². The Balaban J connectivity index is 0.000000333. The first kappa shape index (κ1) is 17.1. The third-order valence-corrected chi connectivity index (χ3v) is 2.93. The minimum atomic E-state index is -0.728. The number of hydrogen-bond acceptors (Lipinski definition) is 3. The molecule has 1 heterocycles. The summed E-state index contributed by atoms with van der Waals surface area (Å²) in [5.74, 6) is -0.228. The molecule has 0 unspecified atom stereocenters. The van der Waals surface area contributed by atoms with Crippen molar-refractivity contribution in [3.63, 3.8) is 0 Å². The fourth-order valence-electron chi connectivity index (χ4n) is 1.42. The van der Waals surface area contributed by atoms with Crippen LogP contribution in [0.3, 0.4) is 0 Å². The number of aliphatic hydroxyl groups is 1. The van der Waals surface area contributed by atoms with Crippen LogP contribution in [0.1, 0.15) is 46.2 Å². The molecule has 1 aromatic rings. The van der Waals surface area contributed by atoms with Gasteiger partial charge in [0.25, 0.3) is 0 Å². The summed E-state index contributed by atoms with van der Waals surface area (Å²) in [6.45, 7) is 11.1. The average molecular weight is 283 g/mol. The lowest BCUT2D eigenvalue weighted by Crippen LogP contribution is -2.36. The number of rotatable bonds is 4. The van der Waals surface area contributed by atoms with Crippen molar-refractivity contribution < 1.29 is 14.2 Å². The Hall–Kier alpha value is -0.970. The fraction of sp³-hybridized carbons (Fsp3) is 0.625. The predicted octanol–water partition coefficient (Wildman–Crippen LogP) is 3.04. The zero-order chi connectivity index (χ0) is 15.4. The van der Waals surface area contributed by atoms with Gasteiger partial charge in [-0.1, -0.05) is 12.1 Å². The third kappa shape index (κ3) is 7.58. The van der Waals surface area contributed by atoms with E-state index in [4.69, 9.17) is 4.74 Å². The molecule has 1 atom stereocenters. The van der Waals surface area contributed by atoms with Crippen molar-refractivity contribution in [3.8, 4) is 0 Å². The van der Waals surface area contributed by atoms with Gasteiger partial charge in [0, 0.05) is 12.6 Å². The van der Waals surface area contributed by atoms with Gasteiger partial charge in [0.2, 0.25) is 0 Å². The summed E-state index contributed by atoms with van der Waals surface area (Å²) in [4.78, 5) is 0. The van der Waals surface area contributed by atoms with Gasteiger partial charge in [0.05, 0.1) is 17.8 Å². The molecule has 0 bridgehead atoms. The van der Waals surface area contributed by atoms with E-state index in [9.17, 15) is 9.50 Å². The van der Waals surface area contributed by atoms with Gasteiger partial charge >= 0.3 is 0 Å². The van der Waals surface area contributed by atoms with Crippen LogP contribution in [-0.2, 0) is 4.74 Å². The van der Waals surface area contributed by atoms with Gasteiger partial charge in [-0.15, -0.1) is 0 Å². The summed E-state index contributed by atoms with van der Waals surface area (Å²) >= 11 is 0. The summed E-state index contributed by atoms with van der Waals surface area (Å²) in [5.41, 5.74) is 0.537. The molecule has 20 heavy (non-hydrogen) atoms. The molecule has 1 aromatic carbocycles. The molecule has 0 spiro atoms. The van der Waals surface area contributed by atoms with Crippen LogP contribution < -0.4 is 5.32 Å². The SMILES string of the molecule is CC1(C)CO1.C[C@H](NCC(C)(C)O)c1ccc(F)cc1. The zero-order valence-electron chi connectivity index (χ0n) is 13.0. The second-order valence-corrected chi connectivity index (χ2v) is 6.51. The maximum absolute atomic E-state index is 12.7. The maximum atomic E-state index is 12.7. The van der Waals surface area contributed by atoms with Crippen molar-refractivity contribution in [1.82, 2.24) is 5.32 Å². The highest BCUT2D eigenvalue weighted by molar-refractivity contribution is 5.19. The minimum absolute atomic E-state index is 0.108. The highest BCUT2D eigenvalue weighted by Gasteiger charge is 2.32. The van der Waals surface area contributed by atoms with E-state index in [2.05, 4.69) is 19.2 Å². The number of hydrogen-bond donors (Lipinski definition) is 2. The van der Waals surface area contributed by atoms with Gasteiger partial charge in [-0.05, 0) is 52.3 Å². The summed E-state index contributed by atoms with van der Waals surface area (Å²) in [6.07, 6.45) is 0. The van der Waals surface area contributed by atoms with E-state index in [0.717, 1.165) is 12.2 Å². The third-order valence-electron chi connectivity index (χ3n) is 2.93. The molecule has 0 aromatic heterocycles. The fourth-order valence-corrected chi connectivity index (χ4v) is 1.42. The lowest BCUT2D eigenvalue weighted by molar-refractivity contribution is 0.0770. The van der Waals surface area contributed by atoms with Crippen molar-refractivity contribution >= 4 is 0 Å². The number of ether oxygens (including phenoxy) is 1. The number of nitrogens with one attached hydrogen (secondary N) is 1. The molecule has 1 aliphatic rings. The Kier molecular flexibility index (Phi) is 5.68. The van der Waals surface area contributed by atoms with Crippen LogP contribution in [0.2, 0.25) is 0 Å². The molecular formula is C16H26FNO2. The maximum Gasteiger partial charge on any atom is 0.123 e. The van der Waals surface area contributed by atoms with Gasteiger partial charge < -0.3 is 15.2 Å². The van der Waals surface area contributed by atoms with Crippen molar-refractivity contribution in [2.45, 2.75) is 51.9 Å². The summed E-state index contributed by atoms with van der Waals surface area (Å²) in [5, 5.41) is 12.7. The van der Waals surface area contributed by atoms with E-state index < -0.39 is 5.60 Å². The Morgan fingerprint density at radius 3 is 2.15 bits per heavy atom. The van der Waals surface area contributed by atoms with E-state index in [-0.39, 0.29) is 17.5 Å². The highest BCUT2D eigenvalue weighted by atomic mass is 19.1. The van der Waals surface area contributed by atoms with Gasteiger partial charge in [-0.25, -0.2) is 4.39 Å². The molecule has 0 saturated carbocycles. The predicted molar refractivity (Wildman–Crippen MR) is 79.1 cm³/mol. The highest BCUT2D eigenvalue weighted by Crippen LogP contribution is 2.23. The summed E-state index contributed by atoms with van der Waals surface area (Å²) in [6, 6.07) is 6.49. The molecule has 2 rings (SSSR count). The summed E-state index contributed by atoms with van der Waals surface area (Å²) < 4.78 is 17.6. The lowest BCUT2D eigenvalue weighted by Gasteiger charge is -2.21. The molecular weight excluding hydrogens is 257 g/mol. The van der Waals surface area contributed by atoms with Gasteiger partial charge in [0.15, 0.2) is 0 Å². The molecule has 1 fully saturated rings. The first-order chi connectivity index (χ1) is 9.09. The summed E-state index contributed by atoms with van der Waals surface area (Å²) in [7, 11) is 0. The van der Waals surface area contributed by atoms with Crippen LogP contribution in [-0.4, -0.2) is 29.5 Å². The molecule has 0 amide bonds. The quantitative estimate of drug-likeness (QED) is 0.835. The average Bonchev–Trinajstić information content (AvgIpc) is 3.02. The topological polar surface area (TPSA) is 44.8 Å². The molecule has 2 N–H and O–H groups in total. The standard InChI is InChI=1S/C12H18FNO.C4H8O/c1-9(14-8-12(2,3)15)10-4-6-11(13)7-5-10;1-4(2)3-5-4/h4-7,9,14-15H,8H2,1-3H3;3H2,1-2H3/t9-;/m0./s1. The van der Waals surface area contributed by atoms with Crippen molar-refractivity contribution in [1.29, 1.82) is 0 Å². The first-order valence-corrected chi connectivity index (χ1v) is 6.94. The molecule has 1 saturated heterocycles. The van der Waals surface area contributed by atoms with Gasteiger partial charge in [0.1, 0.15) is 5.82 Å². The van der Waals surface area contributed by atoms with E-state index in [0.29, 0.717) is 6.54 Å². The molecule has 0 aliphatic carbocycles. The second kappa shape index (κ2) is 6.66. The Bertz CT molecular complexity index is 403. The van der Waals surface area contributed by atoms with E-state index in [1.54, 1.807) is 26.0 Å². The molecule has 1 aliphatic heterocycles. The van der Waals surface area contributed by atoms with Crippen LogP contribution in [0.5, 0.6) is 0 Å². The van der Waals surface area contributed by atoms with Gasteiger partial charge in [-0.2, -0.15) is 0 Å². The van der Waals surface area contributed by atoms with E-state index >= 15 is 0 Å². The van der Waals surface area contributed by atoms with Crippen molar-refractivity contribution in [2.75, 3.05) is 13.2 Å². The Labute approximate surface area is 121 Å². The van der Waals surface area contributed by atoms with Gasteiger partial charge in [-0.3, -0.25) is 0 Å².